The minimum Gasteiger partial charge on any atom is -0.354 e. The molecule has 132 valence electrons. The monoisotopic (exact) mass is 323 g/mol. The Morgan fingerprint density at radius 2 is 1.96 bits per heavy atom. The Hall–Kier alpha value is -1.10. The standard InChI is InChI=1S/C18H33N3O2/c1-15(2)8-10-19-17(23)18(3)9-7-16(22)21(18)14-6-13-20-11-4-5-12-20/h15H,4-14H2,1-3H3,(H,19,23)/t18-/m1/s1. The smallest absolute Gasteiger partial charge is 0.245 e. The van der Waals surface area contributed by atoms with Crippen LogP contribution in [0.3, 0.4) is 0 Å². The molecule has 0 aromatic rings. The lowest BCUT2D eigenvalue weighted by Gasteiger charge is -2.34. The van der Waals surface area contributed by atoms with Gasteiger partial charge in [-0.3, -0.25) is 9.59 Å². The fraction of sp³-hybridized carbons (Fsp3) is 0.889. The van der Waals surface area contributed by atoms with E-state index in [-0.39, 0.29) is 11.8 Å². The first-order valence-electron chi connectivity index (χ1n) is 9.24. The third-order valence-corrected chi connectivity index (χ3v) is 5.27. The van der Waals surface area contributed by atoms with E-state index in [0.717, 1.165) is 19.4 Å². The molecule has 0 bridgehead atoms. The average molecular weight is 323 g/mol. The normalized spacial score (nSPS) is 25.6. The molecule has 2 aliphatic rings. The van der Waals surface area contributed by atoms with Gasteiger partial charge < -0.3 is 15.1 Å². The summed E-state index contributed by atoms with van der Waals surface area (Å²) in [5.41, 5.74) is -0.654. The molecule has 0 radical (unpaired) electrons. The molecule has 2 amide bonds. The molecule has 1 N–H and O–H groups in total. The maximum absolute atomic E-state index is 12.6. The predicted molar refractivity (Wildman–Crippen MR) is 92.1 cm³/mol. The number of nitrogens with zero attached hydrogens (tertiary/aromatic N) is 2. The highest BCUT2D eigenvalue weighted by atomic mass is 16.2. The van der Waals surface area contributed by atoms with Gasteiger partial charge in [0, 0.05) is 19.5 Å². The van der Waals surface area contributed by atoms with Crippen molar-refractivity contribution in [2.45, 2.75) is 64.8 Å². The van der Waals surface area contributed by atoms with E-state index in [2.05, 4.69) is 24.1 Å². The Morgan fingerprint density at radius 3 is 2.61 bits per heavy atom. The number of hydrogen-bond acceptors (Lipinski definition) is 3. The Balaban J connectivity index is 1.84. The molecule has 0 spiro atoms. The van der Waals surface area contributed by atoms with Crippen molar-refractivity contribution < 1.29 is 9.59 Å². The fourth-order valence-electron chi connectivity index (χ4n) is 3.63. The van der Waals surface area contributed by atoms with E-state index in [0.29, 0.717) is 31.8 Å². The number of rotatable bonds is 8. The van der Waals surface area contributed by atoms with E-state index >= 15 is 0 Å². The van der Waals surface area contributed by atoms with Crippen molar-refractivity contribution in [3.8, 4) is 0 Å². The highest BCUT2D eigenvalue weighted by molar-refractivity contribution is 5.94. The van der Waals surface area contributed by atoms with Crippen molar-refractivity contribution in [3.05, 3.63) is 0 Å². The molecule has 0 unspecified atom stereocenters. The second kappa shape index (κ2) is 8.13. The van der Waals surface area contributed by atoms with Crippen molar-refractivity contribution in [1.29, 1.82) is 0 Å². The van der Waals surface area contributed by atoms with Crippen LogP contribution in [0, 0.1) is 5.92 Å². The molecule has 0 aliphatic carbocycles. The molecule has 5 nitrogen and oxygen atoms in total. The number of nitrogens with one attached hydrogen (secondary N) is 1. The molecule has 2 saturated heterocycles. The van der Waals surface area contributed by atoms with Crippen LogP contribution >= 0.6 is 0 Å². The van der Waals surface area contributed by atoms with Crippen LogP contribution in [0.1, 0.15) is 59.3 Å². The summed E-state index contributed by atoms with van der Waals surface area (Å²) in [6.45, 7) is 11.0. The van der Waals surface area contributed by atoms with Crippen LogP contribution in [0.5, 0.6) is 0 Å². The number of likely N-dealkylation sites (tertiary alicyclic amines) is 2. The molecule has 2 rings (SSSR count). The van der Waals surface area contributed by atoms with Crippen LogP contribution in [0.15, 0.2) is 0 Å². The van der Waals surface area contributed by atoms with E-state index in [1.165, 1.54) is 25.9 Å². The molecule has 0 aromatic carbocycles. The van der Waals surface area contributed by atoms with Gasteiger partial charge in [0.1, 0.15) is 5.54 Å². The molecule has 2 aliphatic heterocycles. The minimum atomic E-state index is -0.654. The van der Waals surface area contributed by atoms with Crippen molar-refractivity contribution in [1.82, 2.24) is 15.1 Å². The summed E-state index contributed by atoms with van der Waals surface area (Å²) in [5, 5.41) is 3.04. The molecule has 0 saturated carbocycles. The Bertz CT molecular complexity index is 418. The maximum Gasteiger partial charge on any atom is 0.245 e. The van der Waals surface area contributed by atoms with Crippen molar-refractivity contribution in [2.24, 2.45) is 5.92 Å². The quantitative estimate of drug-likeness (QED) is 0.743. The van der Waals surface area contributed by atoms with Crippen LogP contribution in [0.2, 0.25) is 0 Å². The molecule has 1 atom stereocenters. The van der Waals surface area contributed by atoms with Gasteiger partial charge in [0.25, 0.3) is 0 Å². The van der Waals surface area contributed by atoms with Gasteiger partial charge in [-0.05, 0) is 64.6 Å². The molecular weight excluding hydrogens is 290 g/mol. The summed E-state index contributed by atoms with van der Waals surface area (Å²) in [6.07, 6.45) is 5.66. The summed E-state index contributed by atoms with van der Waals surface area (Å²) in [7, 11) is 0. The van der Waals surface area contributed by atoms with Crippen LogP contribution in [-0.2, 0) is 9.59 Å². The molecule has 2 heterocycles. The Morgan fingerprint density at radius 1 is 1.26 bits per heavy atom. The zero-order valence-corrected chi connectivity index (χ0v) is 15.1. The van der Waals surface area contributed by atoms with Gasteiger partial charge in [-0.25, -0.2) is 0 Å². The minimum absolute atomic E-state index is 0.0187. The molecular formula is C18H33N3O2. The Kier molecular flexibility index (Phi) is 6.45. The van der Waals surface area contributed by atoms with Gasteiger partial charge in [0.2, 0.25) is 11.8 Å². The van der Waals surface area contributed by atoms with E-state index in [4.69, 9.17) is 0 Å². The first-order chi connectivity index (χ1) is 10.9. The number of amides is 2. The van der Waals surface area contributed by atoms with E-state index in [1.54, 1.807) is 0 Å². The van der Waals surface area contributed by atoms with Crippen molar-refractivity contribution in [3.63, 3.8) is 0 Å². The first kappa shape index (κ1) is 18.2. The van der Waals surface area contributed by atoms with E-state index in [1.807, 2.05) is 11.8 Å². The molecule has 0 aromatic heterocycles. The summed E-state index contributed by atoms with van der Waals surface area (Å²) in [4.78, 5) is 29.1. The van der Waals surface area contributed by atoms with Gasteiger partial charge >= 0.3 is 0 Å². The van der Waals surface area contributed by atoms with Crippen LogP contribution in [-0.4, -0.2) is 59.9 Å². The third-order valence-electron chi connectivity index (χ3n) is 5.27. The topological polar surface area (TPSA) is 52.7 Å². The Labute approximate surface area is 140 Å². The van der Waals surface area contributed by atoms with Gasteiger partial charge in [-0.2, -0.15) is 0 Å². The van der Waals surface area contributed by atoms with Crippen LogP contribution in [0.25, 0.3) is 0 Å². The predicted octanol–water partition coefficient (Wildman–Crippen LogP) is 2.02. The third kappa shape index (κ3) is 4.69. The lowest BCUT2D eigenvalue weighted by molar-refractivity contribution is -0.140. The summed E-state index contributed by atoms with van der Waals surface area (Å²) >= 11 is 0. The highest BCUT2D eigenvalue weighted by Gasteiger charge is 2.46. The zero-order chi connectivity index (χ0) is 16.9. The summed E-state index contributed by atoms with van der Waals surface area (Å²) < 4.78 is 0. The van der Waals surface area contributed by atoms with E-state index in [9.17, 15) is 9.59 Å². The average Bonchev–Trinajstić information content (AvgIpc) is 3.10. The molecule has 2 fully saturated rings. The van der Waals surface area contributed by atoms with Gasteiger partial charge in [0.15, 0.2) is 0 Å². The molecule has 5 heteroatoms. The highest BCUT2D eigenvalue weighted by Crippen LogP contribution is 2.30. The van der Waals surface area contributed by atoms with E-state index < -0.39 is 5.54 Å². The first-order valence-corrected chi connectivity index (χ1v) is 9.24. The summed E-state index contributed by atoms with van der Waals surface area (Å²) in [5.74, 6) is 0.725. The van der Waals surface area contributed by atoms with Gasteiger partial charge in [0.05, 0.1) is 0 Å². The van der Waals surface area contributed by atoms with Gasteiger partial charge in [-0.1, -0.05) is 13.8 Å². The zero-order valence-electron chi connectivity index (χ0n) is 15.1. The largest absolute Gasteiger partial charge is 0.354 e. The summed E-state index contributed by atoms with van der Waals surface area (Å²) in [6, 6.07) is 0. The molecule has 23 heavy (non-hydrogen) atoms. The second-order valence-electron chi connectivity index (χ2n) is 7.66. The SMILES string of the molecule is CC(C)CCNC(=O)[C@@]1(C)CCC(=O)N1CCCN1CCCC1. The van der Waals surface area contributed by atoms with Gasteiger partial charge in [-0.15, -0.1) is 0 Å². The fourth-order valence-corrected chi connectivity index (χ4v) is 3.63. The van der Waals surface area contributed by atoms with Crippen molar-refractivity contribution in [2.75, 3.05) is 32.7 Å². The number of hydrogen-bond donors (Lipinski definition) is 1. The lowest BCUT2D eigenvalue weighted by atomic mass is 9.97. The van der Waals surface area contributed by atoms with Crippen LogP contribution in [0.4, 0.5) is 0 Å². The van der Waals surface area contributed by atoms with Crippen LogP contribution < -0.4 is 5.32 Å². The number of carbonyl (C=O) groups excluding carboxylic acids is 2. The second-order valence-corrected chi connectivity index (χ2v) is 7.66. The lowest BCUT2D eigenvalue weighted by Crippen LogP contribution is -2.55. The van der Waals surface area contributed by atoms with Crippen molar-refractivity contribution >= 4 is 11.8 Å². The maximum atomic E-state index is 12.6. The number of carbonyl (C=O) groups is 2.